The van der Waals surface area contributed by atoms with Crippen molar-refractivity contribution >= 4 is 29.4 Å². The van der Waals surface area contributed by atoms with Crippen molar-refractivity contribution in [2.45, 2.75) is 64.2 Å². The number of para-hydroxylation sites is 2. The molecule has 5 rings (SSSR count). The molecule has 12 heteroatoms. The van der Waals surface area contributed by atoms with Gasteiger partial charge in [0.15, 0.2) is 5.82 Å². The number of rotatable bonds is 10. The number of hydrogen-bond acceptors (Lipinski definition) is 9. The normalized spacial score (nSPS) is 20.9. The van der Waals surface area contributed by atoms with Gasteiger partial charge in [0.25, 0.3) is 0 Å². The molecule has 12 nitrogen and oxygen atoms in total. The second-order valence-electron chi connectivity index (χ2n) is 10.5. The van der Waals surface area contributed by atoms with Gasteiger partial charge >= 0.3 is 17.8 Å². The second-order valence-corrected chi connectivity index (χ2v) is 10.5. The van der Waals surface area contributed by atoms with Gasteiger partial charge in [0.1, 0.15) is 12.3 Å². The molecule has 5 amide bonds. The Balaban J connectivity index is 1.28. The van der Waals surface area contributed by atoms with Crippen molar-refractivity contribution in [1.29, 1.82) is 0 Å². The molecule has 3 fully saturated rings. The summed E-state index contributed by atoms with van der Waals surface area (Å²) in [6, 6.07) is 6.53. The Bertz CT molecular complexity index is 1250. The van der Waals surface area contributed by atoms with E-state index in [-0.39, 0.29) is 54.8 Å². The molecule has 2 aromatic rings. The van der Waals surface area contributed by atoms with Crippen LogP contribution in [0.5, 0.6) is 5.75 Å². The highest BCUT2D eigenvalue weighted by atomic mass is 16.5. The van der Waals surface area contributed by atoms with Crippen LogP contribution in [0.2, 0.25) is 0 Å². The smallest absolute Gasteiger partial charge is 0.334 e. The van der Waals surface area contributed by atoms with Gasteiger partial charge in [-0.3, -0.25) is 19.3 Å². The van der Waals surface area contributed by atoms with Gasteiger partial charge in [0.05, 0.1) is 37.5 Å². The quantitative estimate of drug-likeness (QED) is 0.338. The Morgan fingerprint density at radius 1 is 1.13 bits per heavy atom. The Kier molecular flexibility index (Phi) is 6.91. The summed E-state index contributed by atoms with van der Waals surface area (Å²) in [6.45, 7) is 4.27. The molecule has 1 aromatic heterocycles. The van der Waals surface area contributed by atoms with Crippen LogP contribution in [0.3, 0.4) is 0 Å². The first-order valence-electron chi connectivity index (χ1n) is 12.7. The second kappa shape index (κ2) is 10.2. The number of aromatic nitrogens is 2. The van der Waals surface area contributed by atoms with Crippen LogP contribution >= 0.6 is 0 Å². The average molecular weight is 526 g/mol. The number of hydrogen-bond donors (Lipinski definition) is 0. The molecule has 38 heavy (non-hydrogen) atoms. The lowest BCUT2D eigenvalue weighted by molar-refractivity contribution is -0.143. The number of imide groups is 2. The molecule has 2 aliphatic heterocycles. The molecule has 3 heterocycles. The van der Waals surface area contributed by atoms with E-state index in [1.807, 2.05) is 26.0 Å². The molecule has 1 aliphatic carbocycles. The third-order valence-electron chi connectivity index (χ3n) is 7.00. The van der Waals surface area contributed by atoms with Gasteiger partial charge in [-0.05, 0) is 57.6 Å². The van der Waals surface area contributed by atoms with Gasteiger partial charge in [0.2, 0.25) is 11.8 Å². The van der Waals surface area contributed by atoms with Crippen LogP contribution in [0.4, 0.5) is 10.5 Å². The van der Waals surface area contributed by atoms with Crippen molar-refractivity contribution in [2.75, 3.05) is 25.1 Å². The molecule has 1 aromatic carbocycles. The molecule has 0 N–H and O–H groups in total. The zero-order chi connectivity index (χ0) is 27.0. The Morgan fingerprint density at radius 2 is 1.87 bits per heavy atom. The SMILES string of the molecule is COc1ccccc1N(CC1CCC(C)(C)O1)C(=O)Cc1noc(CN2C(=O)C(=O)N(CC3CC3)C2=O)n1. The standard InChI is InChI=1S/C26H31N5O7/c1-26(2)11-10-17(37-26)14-29(18-6-4-5-7-19(18)36-3)22(32)12-20-27-21(38-28-20)15-31-24(34)23(33)30(25(31)35)13-16-8-9-16/h4-7,16-17H,8-15H2,1-3H3. The Morgan fingerprint density at radius 3 is 2.55 bits per heavy atom. The van der Waals surface area contributed by atoms with Crippen molar-refractivity contribution < 1.29 is 33.2 Å². The lowest BCUT2D eigenvalue weighted by Gasteiger charge is -2.28. The fourth-order valence-corrected chi connectivity index (χ4v) is 4.80. The van der Waals surface area contributed by atoms with E-state index in [2.05, 4.69) is 10.1 Å². The summed E-state index contributed by atoms with van der Waals surface area (Å²) >= 11 is 0. The minimum Gasteiger partial charge on any atom is -0.495 e. The topological polar surface area (TPSA) is 135 Å². The van der Waals surface area contributed by atoms with E-state index in [9.17, 15) is 19.2 Å². The zero-order valence-electron chi connectivity index (χ0n) is 21.7. The summed E-state index contributed by atoms with van der Waals surface area (Å²) in [6.07, 6.45) is 3.22. The van der Waals surface area contributed by atoms with E-state index in [4.69, 9.17) is 14.0 Å². The Hall–Kier alpha value is -3.80. The van der Waals surface area contributed by atoms with Gasteiger partial charge in [0, 0.05) is 6.54 Å². The lowest BCUT2D eigenvalue weighted by Crippen LogP contribution is -2.39. The number of amides is 5. The maximum absolute atomic E-state index is 13.5. The number of carbonyl (C=O) groups is 4. The summed E-state index contributed by atoms with van der Waals surface area (Å²) in [4.78, 5) is 58.3. The van der Waals surface area contributed by atoms with Crippen molar-refractivity contribution in [1.82, 2.24) is 19.9 Å². The summed E-state index contributed by atoms with van der Waals surface area (Å²) in [5.74, 6) is -1.22. The minimum atomic E-state index is -0.923. The first-order valence-corrected chi connectivity index (χ1v) is 12.7. The first-order chi connectivity index (χ1) is 18.1. The third kappa shape index (κ3) is 5.40. The predicted octanol–water partition coefficient (Wildman–Crippen LogP) is 2.31. The van der Waals surface area contributed by atoms with Crippen LogP contribution in [0.25, 0.3) is 0 Å². The maximum atomic E-state index is 13.5. The monoisotopic (exact) mass is 525 g/mol. The van der Waals surface area contributed by atoms with E-state index < -0.39 is 17.8 Å². The summed E-state index contributed by atoms with van der Waals surface area (Å²) in [5.41, 5.74) is 0.336. The van der Waals surface area contributed by atoms with Crippen LogP contribution in [-0.4, -0.2) is 75.6 Å². The van der Waals surface area contributed by atoms with Crippen LogP contribution < -0.4 is 9.64 Å². The lowest BCUT2D eigenvalue weighted by atomic mass is 10.1. The van der Waals surface area contributed by atoms with E-state index >= 15 is 0 Å². The first kappa shape index (κ1) is 25.8. The number of nitrogens with zero attached hydrogens (tertiary/aromatic N) is 5. The number of urea groups is 1. The summed E-state index contributed by atoms with van der Waals surface area (Å²) < 4.78 is 16.8. The molecule has 0 spiro atoms. The van der Waals surface area contributed by atoms with Crippen LogP contribution in [-0.2, 0) is 32.1 Å². The van der Waals surface area contributed by atoms with Crippen LogP contribution in [0, 0.1) is 5.92 Å². The van der Waals surface area contributed by atoms with E-state index in [1.165, 1.54) is 0 Å². The van der Waals surface area contributed by atoms with Crippen molar-refractivity contribution in [3.8, 4) is 5.75 Å². The van der Waals surface area contributed by atoms with E-state index in [0.717, 1.165) is 35.5 Å². The molecule has 202 valence electrons. The number of anilines is 1. The fraction of sp³-hybridized carbons (Fsp3) is 0.538. The van der Waals surface area contributed by atoms with Gasteiger partial charge in [-0.2, -0.15) is 4.98 Å². The van der Waals surface area contributed by atoms with E-state index in [1.54, 1.807) is 24.1 Å². The predicted molar refractivity (Wildman–Crippen MR) is 132 cm³/mol. The highest BCUT2D eigenvalue weighted by molar-refractivity contribution is 6.44. The van der Waals surface area contributed by atoms with Crippen molar-refractivity contribution in [2.24, 2.45) is 5.92 Å². The number of ether oxygens (including phenoxy) is 2. The molecule has 0 bridgehead atoms. The molecule has 2 saturated heterocycles. The van der Waals surface area contributed by atoms with Gasteiger partial charge in [-0.1, -0.05) is 17.3 Å². The molecular formula is C26H31N5O7. The Labute approximate surface area is 219 Å². The number of methoxy groups -OCH3 is 1. The molecule has 0 radical (unpaired) electrons. The van der Waals surface area contributed by atoms with Crippen molar-refractivity contribution in [3.63, 3.8) is 0 Å². The molecule has 1 unspecified atom stereocenters. The molecule has 1 saturated carbocycles. The molecule has 1 atom stereocenters. The minimum absolute atomic E-state index is 0.0414. The number of benzene rings is 1. The van der Waals surface area contributed by atoms with E-state index in [0.29, 0.717) is 18.0 Å². The van der Waals surface area contributed by atoms with Crippen LogP contribution in [0.1, 0.15) is 51.2 Å². The summed E-state index contributed by atoms with van der Waals surface area (Å²) in [7, 11) is 1.54. The molecular weight excluding hydrogens is 494 g/mol. The summed E-state index contributed by atoms with van der Waals surface area (Å²) in [5, 5.41) is 3.87. The molecule has 3 aliphatic rings. The maximum Gasteiger partial charge on any atom is 0.334 e. The largest absolute Gasteiger partial charge is 0.495 e. The van der Waals surface area contributed by atoms with Crippen molar-refractivity contribution in [3.05, 3.63) is 36.0 Å². The fourth-order valence-electron chi connectivity index (χ4n) is 4.80. The van der Waals surface area contributed by atoms with Crippen LogP contribution in [0.15, 0.2) is 28.8 Å². The number of carbonyl (C=O) groups excluding carboxylic acids is 4. The average Bonchev–Trinajstić information content (AvgIpc) is 3.45. The zero-order valence-corrected chi connectivity index (χ0v) is 21.7. The van der Waals surface area contributed by atoms with Gasteiger partial charge in [-0.15, -0.1) is 0 Å². The highest BCUT2D eigenvalue weighted by Crippen LogP contribution is 2.34. The highest BCUT2D eigenvalue weighted by Gasteiger charge is 2.46. The van der Waals surface area contributed by atoms with Gasteiger partial charge < -0.3 is 18.9 Å². The third-order valence-corrected chi connectivity index (χ3v) is 7.00. The van der Waals surface area contributed by atoms with Gasteiger partial charge in [-0.25, -0.2) is 9.69 Å².